The molecule has 5 nitrogen and oxygen atoms in total. The van der Waals surface area contributed by atoms with Gasteiger partial charge in [0.25, 0.3) is 5.91 Å². The fraction of sp³-hybridized carbons (Fsp3) is 0.167. The van der Waals surface area contributed by atoms with E-state index in [0.717, 1.165) is 17.2 Å². The van der Waals surface area contributed by atoms with Crippen molar-refractivity contribution < 1.29 is 23.5 Å². The number of anilines is 1. The molecule has 3 rings (SSSR count). The van der Waals surface area contributed by atoms with Crippen molar-refractivity contribution in [1.29, 1.82) is 0 Å². The maximum Gasteiger partial charge on any atom is 0.345 e. The second kappa shape index (κ2) is 9.69. The summed E-state index contributed by atoms with van der Waals surface area (Å²) >= 11 is 0. The van der Waals surface area contributed by atoms with Gasteiger partial charge >= 0.3 is 5.97 Å². The van der Waals surface area contributed by atoms with Crippen LogP contribution in [0.3, 0.4) is 0 Å². The lowest BCUT2D eigenvalue weighted by atomic mass is 10.1. The Kier molecular flexibility index (Phi) is 6.80. The van der Waals surface area contributed by atoms with Crippen LogP contribution in [0.4, 0.5) is 10.1 Å². The molecule has 3 aromatic carbocycles. The molecular weight excluding hydrogens is 385 g/mol. The molecule has 0 aliphatic carbocycles. The maximum absolute atomic E-state index is 13.2. The zero-order valence-corrected chi connectivity index (χ0v) is 16.7. The molecule has 0 saturated carbocycles. The summed E-state index contributed by atoms with van der Waals surface area (Å²) in [4.78, 5) is 25.3. The topological polar surface area (TPSA) is 64.6 Å². The average Bonchev–Trinajstić information content (AvgIpc) is 2.74. The Morgan fingerprint density at radius 1 is 0.967 bits per heavy atom. The lowest BCUT2D eigenvalue weighted by Crippen LogP contribution is -2.28. The SMILES string of the molecule is Cc1ccc(C)c(NC(=O)[C@H](OC(=O)COc2cccc(F)c2)c2ccccc2)c1. The van der Waals surface area contributed by atoms with E-state index in [9.17, 15) is 14.0 Å². The van der Waals surface area contributed by atoms with Crippen LogP contribution in [-0.4, -0.2) is 18.5 Å². The molecular formula is C24H22FNO4. The minimum Gasteiger partial charge on any atom is -0.482 e. The lowest BCUT2D eigenvalue weighted by molar-refractivity contribution is -0.156. The van der Waals surface area contributed by atoms with Gasteiger partial charge in [-0.2, -0.15) is 0 Å². The van der Waals surface area contributed by atoms with Crippen molar-refractivity contribution in [3.8, 4) is 5.75 Å². The van der Waals surface area contributed by atoms with Gasteiger partial charge in [-0.05, 0) is 43.2 Å². The minimum absolute atomic E-state index is 0.197. The molecule has 1 atom stereocenters. The molecule has 0 radical (unpaired) electrons. The molecule has 154 valence electrons. The first-order valence-electron chi connectivity index (χ1n) is 9.43. The molecule has 0 aromatic heterocycles. The van der Waals surface area contributed by atoms with Crippen LogP contribution >= 0.6 is 0 Å². The van der Waals surface area contributed by atoms with Crippen molar-refractivity contribution in [2.24, 2.45) is 0 Å². The molecule has 1 amide bonds. The second-order valence-corrected chi connectivity index (χ2v) is 6.83. The Morgan fingerprint density at radius 3 is 2.47 bits per heavy atom. The van der Waals surface area contributed by atoms with Crippen LogP contribution in [0.1, 0.15) is 22.8 Å². The zero-order chi connectivity index (χ0) is 21.5. The highest BCUT2D eigenvalue weighted by Crippen LogP contribution is 2.23. The summed E-state index contributed by atoms with van der Waals surface area (Å²) in [7, 11) is 0. The van der Waals surface area contributed by atoms with Crippen molar-refractivity contribution in [3.05, 3.63) is 95.3 Å². The summed E-state index contributed by atoms with van der Waals surface area (Å²) < 4.78 is 23.9. The first-order valence-corrected chi connectivity index (χ1v) is 9.43. The Bertz CT molecular complexity index is 1040. The highest BCUT2D eigenvalue weighted by atomic mass is 19.1. The number of carbonyl (C=O) groups excluding carboxylic acids is 2. The van der Waals surface area contributed by atoms with Gasteiger partial charge in [0.05, 0.1) is 0 Å². The molecule has 0 aliphatic rings. The number of benzene rings is 3. The van der Waals surface area contributed by atoms with Gasteiger partial charge in [0.2, 0.25) is 6.10 Å². The molecule has 0 spiro atoms. The van der Waals surface area contributed by atoms with E-state index in [-0.39, 0.29) is 5.75 Å². The number of aryl methyl sites for hydroxylation is 2. The molecule has 6 heteroatoms. The monoisotopic (exact) mass is 407 g/mol. The number of hydrogen-bond acceptors (Lipinski definition) is 4. The molecule has 0 unspecified atom stereocenters. The lowest BCUT2D eigenvalue weighted by Gasteiger charge is -2.19. The molecule has 0 bridgehead atoms. The Hall–Kier alpha value is -3.67. The first-order chi connectivity index (χ1) is 14.4. The summed E-state index contributed by atoms with van der Waals surface area (Å²) in [6.07, 6.45) is -1.16. The van der Waals surface area contributed by atoms with Gasteiger partial charge in [-0.25, -0.2) is 9.18 Å². The van der Waals surface area contributed by atoms with E-state index in [1.54, 1.807) is 30.3 Å². The Balaban J connectivity index is 1.73. The molecule has 0 aliphatic heterocycles. The predicted molar refractivity (Wildman–Crippen MR) is 112 cm³/mol. The number of hydrogen-bond donors (Lipinski definition) is 1. The van der Waals surface area contributed by atoms with Crippen LogP contribution < -0.4 is 10.1 Å². The van der Waals surface area contributed by atoms with Gasteiger partial charge in [0.1, 0.15) is 11.6 Å². The Morgan fingerprint density at radius 2 is 1.73 bits per heavy atom. The van der Waals surface area contributed by atoms with Gasteiger partial charge in [0, 0.05) is 17.3 Å². The molecule has 30 heavy (non-hydrogen) atoms. The molecule has 0 saturated heterocycles. The first kappa shape index (κ1) is 21.0. The summed E-state index contributed by atoms with van der Waals surface area (Å²) in [6, 6.07) is 19.9. The largest absolute Gasteiger partial charge is 0.482 e. The van der Waals surface area contributed by atoms with E-state index in [2.05, 4.69) is 5.32 Å². The van der Waals surface area contributed by atoms with Crippen LogP contribution in [0.2, 0.25) is 0 Å². The molecule has 3 aromatic rings. The number of nitrogens with one attached hydrogen (secondary N) is 1. The van der Waals surface area contributed by atoms with Crippen LogP contribution in [-0.2, 0) is 14.3 Å². The fourth-order valence-corrected chi connectivity index (χ4v) is 2.83. The van der Waals surface area contributed by atoms with Gasteiger partial charge in [-0.3, -0.25) is 4.79 Å². The summed E-state index contributed by atoms with van der Waals surface area (Å²) in [6.45, 7) is 3.35. The van der Waals surface area contributed by atoms with Crippen LogP contribution in [0.15, 0.2) is 72.8 Å². The second-order valence-electron chi connectivity index (χ2n) is 6.83. The quantitative estimate of drug-likeness (QED) is 0.575. The minimum atomic E-state index is -1.16. The molecule has 0 heterocycles. The van der Waals surface area contributed by atoms with Crippen molar-refractivity contribution in [1.82, 2.24) is 0 Å². The molecule has 1 N–H and O–H groups in total. The van der Waals surface area contributed by atoms with Crippen LogP contribution in [0.5, 0.6) is 5.75 Å². The third-order valence-corrected chi connectivity index (χ3v) is 4.39. The highest BCUT2D eigenvalue weighted by Gasteiger charge is 2.25. The number of amides is 1. The van der Waals surface area contributed by atoms with Gasteiger partial charge in [0.15, 0.2) is 6.61 Å². The number of carbonyl (C=O) groups is 2. The van der Waals surface area contributed by atoms with Crippen molar-refractivity contribution in [3.63, 3.8) is 0 Å². The summed E-state index contributed by atoms with van der Waals surface area (Å²) in [5.41, 5.74) is 3.06. The molecule has 0 fully saturated rings. The smallest absolute Gasteiger partial charge is 0.345 e. The number of esters is 1. The third kappa shape index (κ3) is 5.67. The van der Waals surface area contributed by atoms with Crippen LogP contribution in [0.25, 0.3) is 0 Å². The van der Waals surface area contributed by atoms with Gasteiger partial charge < -0.3 is 14.8 Å². The number of rotatable bonds is 7. The van der Waals surface area contributed by atoms with Crippen molar-refractivity contribution in [2.45, 2.75) is 20.0 Å². The van der Waals surface area contributed by atoms with Crippen molar-refractivity contribution >= 4 is 17.6 Å². The van der Waals surface area contributed by atoms with E-state index in [4.69, 9.17) is 9.47 Å². The van der Waals surface area contributed by atoms with E-state index in [1.807, 2.05) is 32.0 Å². The maximum atomic E-state index is 13.2. The summed E-state index contributed by atoms with van der Waals surface area (Å²) in [5, 5.41) is 2.83. The zero-order valence-electron chi connectivity index (χ0n) is 16.7. The van der Waals surface area contributed by atoms with Crippen molar-refractivity contribution in [2.75, 3.05) is 11.9 Å². The fourth-order valence-electron chi connectivity index (χ4n) is 2.83. The van der Waals surface area contributed by atoms with E-state index in [1.165, 1.54) is 18.2 Å². The predicted octanol–water partition coefficient (Wildman–Crippen LogP) is 4.74. The standard InChI is InChI=1S/C24H22FNO4/c1-16-11-12-17(2)21(13-16)26-24(28)23(18-7-4-3-5-8-18)30-22(27)15-29-20-10-6-9-19(25)14-20/h3-14,23H,15H2,1-2H3,(H,26,28)/t23-/m1/s1. The third-order valence-electron chi connectivity index (χ3n) is 4.39. The summed E-state index contributed by atoms with van der Waals surface area (Å²) in [5.74, 6) is -1.50. The van der Waals surface area contributed by atoms with Gasteiger partial charge in [-0.15, -0.1) is 0 Å². The van der Waals surface area contributed by atoms with E-state index < -0.39 is 30.4 Å². The number of ether oxygens (including phenoxy) is 2. The highest BCUT2D eigenvalue weighted by molar-refractivity contribution is 5.96. The number of halogens is 1. The average molecular weight is 407 g/mol. The Labute approximate surface area is 174 Å². The normalized spacial score (nSPS) is 11.4. The van der Waals surface area contributed by atoms with E-state index >= 15 is 0 Å². The van der Waals surface area contributed by atoms with E-state index in [0.29, 0.717) is 11.3 Å². The van der Waals surface area contributed by atoms with Crippen LogP contribution in [0, 0.1) is 19.7 Å². The van der Waals surface area contributed by atoms with Gasteiger partial charge in [-0.1, -0.05) is 48.5 Å².